The molecule has 7 nitrogen and oxygen atoms in total. The summed E-state index contributed by atoms with van der Waals surface area (Å²) < 4.78 is 1.92. The lowest BCUT2D eigenvalue weighted by molar-refractivity contribution is -0.131. The molecule has 2 amide bonds. The van der Waals surface area contributed by atoms with E-state index in [0.29, 0.717) is 13.0 Å². The third-order valence-corrected chi connectivity index (χ3v) is 2.73. The Hall–Kier alpha value is -1.92. The number of nitrogens with one attached hydrogen (secondary N) is 2. The second kappa shape index (κ2) is 6.31. The molecule has 19 heavy (non-hydrogen) atoms. The molecule has 0 saturated carbocycles. The topological polar surface area (TPSA) is 88.9 Å². The van der Waals surface area contributed by atoms with Crippen LogP contribution in [-0.2, 0) is 22.6 Å². The highest BCUT2D eigenvalue weighted by molar-refractivity contribution is 5.90. The van der Waals surface area contributed by atoms with Gasteiger partial charge < -0.3 is 15.2 Å². The van der Waals surface area contributed by atoms with E-state index in [1.54, 1.807) is 20.2 Å². The Labute approximate surface area is 112 Å². The monoisotopic (exact) mass is 267 g/mol. The number of hydrogen-bond acceptors (Lipinski definition) is 4. The van der Waals surface area contributed by atoms with Gasteiger partial charge >= 0.3 is 0 Å². The molecular weight excluding hydrogens is 246 g/mol. The van der Waals surface area contributed by atoms with E-state index in [4.69, 9.17) is 0 Å². The van der Waals surface area contributed by atoms with Crippen LogP contribution in [0.5, 0.6) is 0 Å². The number of carbonyl (C=O) groups is 2. The van der Waals surface area contributed by atoms with Gasteiger partial charge in [-0.3, -0.25) is 9.59 Å². The van der Waals surface area contributed by atoms with Crippen LogP contribution in [0.15, 0.2) is 6.33 Å². The van der Waals surface area contributed by atoms with E-state index >= 15 is 0 Å². The Morgan fingerprint density at radius 1 is 1.42 bits per heavy atom. The molecule has 0 aromatic carbocycles. The summed E-state index contributed by atoms with van der Waals surface area (Å²) in [5.41, 5.74) is -0.912. The van der Waals surface area contributed by atoms with Crippen LogP contribution < -0.4 is 10.6 Å². The van der Waals surface area contributed by atoms with Crippen molar-refractivity contribution in [2.24, 2.45) is 0 Å². The molecule has 0 fully saturated rings. The molecule has 0 radical (unpaired) electrons. The van der Waals surface area contributed by atoms with Crippen molar-refractivity contribution < 1.29 is 9.59 Å². The highest BCUT2D eigenvalue weighted by Crippen LogP contribution is 2.02. The normalized spacial score (nSPS) is 11.2. The minimum atomic E-state index is -0.912. The van der Waals surface area contributed by atoms with Crippen molar-refractivity contribution in [1.29, 1.82) is 0 Å². The lowest BCUT2D eigenvalue weighted by Crippen LogP contribution is -2.54. The maximum Gasteiger partial charge on any atom is 0.245 e. The highest BCUT2D eigenvalue weighted by Gasteiger charge is 2.27. The Morgan fingerprint density at radius 3 is 2.68 bits per heavy atom. The summed E-state index contributed by atoms with van der Waals surface area (Å²) in [6.07, 6.45) is 2.27. The summed E-state index contributed by atoms with van der Waals surface area (Å²) in [6.45, 7) is 7.98. The number of nitrogens with zero attached hydrogens (tertiary/aromatic N) is 3. The predicted molar refractivity (Wildman–Crippen MR) is 70.3 cm³/mol. The van der Waals surface area contributed by atoms with Crippen LogP contribution in [0.25, 0.3) is 0 Å². The minimum absolute atomic E-state index is 0.217. The molecule has 0 saturated heterocycles. The van der Waals surface area contributed by atoms with Crippen molar-refractivity contribution in [1.82, 2.24) is 25.4 Å². The average molecular weight is 267 g/mol. The molecule has 0 unspecified atom stereocenters. The van der Waals surface area contributed by atoms with Crippen molar-refractivity contribution in [3.8, 4) is 0 Å². The molecule has 1 aromatic heterocycles. The van der Waals surface area contributed by atoms with Crippen molar-refractivity contribution in [3.05, 3.63) is 12.2 Å². The highest BCUT2D eigenvalue weighted by atomic mass is 16.2. The maximum absolute atomic E-state index is 11.9. The molecule has 106 valence electrons. The molecule has 0 aliphatic carbocycles. The summed E-state index contributed by atoms with van der Waals surface area (Å²) in [7, 11) is 0. The molecule has 2 N–H and O–H groups in total. The third kappa shape index (κ3) is 4.35. The Bertz CT molecular complexity index is 453. The maximum atomic E-state index is 11.9. The Morgan fingerprint density at radius 2 is 2.11 bits per heavy atom. The van der Waals surface area contributed by atoms with E-state index in [2.05, 4.69) is 20.8 Å². The lowest BCUT2D eigenvalue weighted by Gasteiger charge is -2.24. The molecule has 1 heterocycles. The predicted octanol–water partition coefficient (Wildman–Crippen LogP) is -0.129. The van der Waals surface area contributed by atoms with Crippen LogP contribution in [0.4, 0.5) is 0 Å². The van der Waals surface area contributed by atoms with Crippen LogP contribution >= 0.6 is 0 Å². The molecule has 0 aliphatic heterocycles. The quantitative estimate of drug-likeness (QED) is 0.751. The molecule has 7 heteroatoms. The van der Waals surface area contributed by atoms with Gasteiger partial charge in [-0.15, -0.1) is 10.2 Å². The first-order valence-electron chi connectivity index (χ1n) is 6.30. The van der Waals surface area contributed by atoms with E-state index in [1.807, 2.05) is 11.5 Å². The summed E-state index contributed by atoms with van der Waals surface area (Å²) in [5.74, 6) is 0.385. The number of hydrogen-bond donors (Lipinski definition) is 2. The molecular formula is C12H21N5O2. The molecule has 1 rings (SSSR count). The van der Waals surface area contributed by atoms with E-state index in [-0.39, 0.29) is 11.8 Å². The van der Waals surface area contributed by atoms with Crippen LogP contribution in [0.1, 0.15) is 33.5 Å². The molecule has 1 aromatic rings. The van der Waals surface area contributed by atoms with Gasteiger partial charge in [0.25, 0.3) is 0 Å². The molecule has 0 bridgehead atoms. The zero-order valence-corrected chi connectivity index (χ0v) is 11.9. The van der Waals surface area contributed by atoms with Crippen LogP contribution in [0, 0.1) is 0 Å². The van der Waals surface area contributed by atoms with Crippen LogP contribution in [0.2, 0.25) is 0 Å². The fraction of sp³-hybridized carbons (Fsp3) is 0.667. The number of aryl methyl sites for hydroxylation is 1. The zero-order chi connectivity index (χ0) is 14.5. The van der Waals surface area contributed by atoms with E-state index in [1.165, 1.54) is 6.92 Å². The van der Waals surface area contributed by atoms with Gasteiger partial charge in [0.2, 0.25) is 11.8 Å². The summed E-state index contributed by atoms with van der Waals surface area (Å²) in [4.78, 5) is 22.9. The molecule has 0 atom stereocenters. The van der Waals surface area contributed by atoms with E-state index in [0.717, 1.165) is 12.4 Å². The number of carbonyl (C=O) groups excluding carboxylic acids is 2. The van der Waals surface area contributed by atoms with Gasteiger partial charge in [0, 0.05) is 26.4 Å². The molecule has 0 aliphatic rings. The zero-order valence-electron chi connectivity index (χ0n) is 11.9. The fourth-order valence-corrected chi connectivity index (χ4v) is 1.74. The van der Waals surface area contributed by atoms with Gasteiger partial charge in [-0.05, 0) is 20.8 Å². The summed E-state index contributed by atoms with van der Waals surface area (Å²) in [6, 6.07) is 0. The van der Waals surface area contributed by atoms with Gasteiger partial charge in [0.1, 0.15) is 17.7 Å². The standard InChI is InChI=1S/C12H21N5O2/c1-5-17-8-14-16-10(17)6-7-13-11(19)12(3,4)15-9(2)18/h8H,5-7H2,1-4H3,(H,13,19)(H,15,18). The first-order valence-corrected chi connectivity index (χ1v) is 6.30. The molecule has 0 spiro atoms. The first kappa shape index (κ1) is 15.1. The van der Waals surface area contributed by atoms with Crippen LogP contribution in [0.3, 0.4) is 0 Å². The van der Waals surface area contributed by atoms with Crippen molar-refractivity contribution in [2.75, 3.05) is 6.54 Å². The largest absolute Gasteiger partial charge is 0.354 e. The van der Waals surface area contributed by atoms with Gasteiger partial charge in [-0.25, -0.2) is 0 Å². The average Bonchev–Trinajstić information content (AvgIpc) is 2.74. The van der Waals surface area contributed by atoms with Crippen molar-refractivity contribution in [3.63, 3.8) is 0 Å². The second-order valence-corrected chi connectivity index (χ2v) is 4.85. The Kier molecular flexibility index (Phi) is 5.02. The van der Waals surface area contributed by atoms with Gasteiger partial charge in [-0.1, -0.05) is 0 Å². The summed E-state index contributed by atoms with van der Waals surface area (Å²) >= 11 is 0. The van der Waals surface area contributed by atoms with Crippen molar-refractivity contribution in [2.45, 2.75) is 46.2 Å². The SMILES string of the molecule is CCn1cnnc1CCNC(=O)C(C)(C)NC(C)=O. The first-order chi connectivity index (χ1) is 8.86. The Balaban J connectivity index is 2.45. The third-order valence-electron chi connectivity index (χ3n) is 2.73. The fourth-order valence-electron chi connectivity index (χ4n) is 1.74. The van der Waals surface area contributed by atoms with E-state index in [9.17, 15) is 9.59 Å². The van der Waals surface area contributed by atoms with Gasteiger partial charge in [0.15, 0.2) is 0 Å². The second-order valence-electron chi connectivity index (χ2n) is 4.85. The van der Waals surface area contributed by atoms with Gasteiger partial charge in [0.05, 0.1) is 0 Å². The van der Waals surface area contributed by atoms with Gasteiger partial charge in [-0.2, -0.15) is 0 Å². The number of rotatable bonds is 6. The smallest absolute Gasteiger partial charge is 0.245 e. The summed E-state index contributed by atoms with van der Waals surface area (Å²) in [5, 5.41) is 13.2. The van der Waals surface area contributed by atoms with Crippen LogP contribution in [-0.4, -0.2) is 38.7 Å². The lowest BCUT2D eigenvalue weighted by atomic mass is 10.0. The number of amides is 2. The minimum Gasteiger partial charge on any atom is -0.354 e. The van der Waals surface area contributed by atoms with E-state index < -0.39 is 5.54 Å². The number of aromatic nitrogens is 3. The van der Waals surface area contributed by atoms with Crippen molar-refractivity contribution >= 4 is 11.8 Å².